The fourth-order valence-corrected chi connectivity index (χ4v) is 1.45. The molecule has 1 amide bonds. The van der Waals surface area contributed by atoms with E-state index in [1.807, 2.05) is 13.8 Å². The van der Waals surface area contributed by atoms with Crippen LogP contribution in [0.25, 0.3) is 0 Å². The summed E-state index contributed by atoms with van der Waals surface area (Å²) in [6.07, 6.45) is 4.12. The summed E-state index contributed by atoms with van der Waals surface area (Å²) in [7, 11) is 0. The number of aromatic nitrogens is 3. The van der Waals surface area contributed by atoms with E-state index in [0.717, 1.165) is 0 Å². The second-order valence-corrected chi connectivity index (χ2v) is 4.35. The third-order valence-corrected chi connectivity index (χ3v) is 2.46. The third-order valence-electron chi connectivity index (χ3n) is 2.18. The van der Waals surface area contributed by atoms with Crippen molar-refractivity contribution in [3.05, 3.63) is 35.2 Å². The molecule has 0 aliphatic heterocycles. The molecule has 1 N–H and O–H groups in total. The molecule has 0 atom stereocenters. The van der Waals surface area contributed by atoms with Crippen LogP contribution < -0.4 is 5.32 Å². The number of nitrogens with zero attached hydrogens (tertiary/aromatic N) is 3. The van der Waals surface area contributed by atoms with Gasteiger partial charge in [-0.3, -0.25) is 4.79 Å². The summed E-state index contributed by atoms with van der Waals surface area (Å²) in [6.45, 7) is 3.87. The van der Waals surface area contributed by atoms with Gasteiger partial charge in [0.2, 0.25) is 0 Å². The van der Waals surface area contributed by atoms with Gasteiger partial charge >= 0.3 is 0 Å². The number of hydrogen-bond acceptors (Lipinski definition) is 5. The van der Waals surface area contributed by atoms with E-state index >= 15 is 0 Å². The maximum absolute atomic E-state index is 12.0. The van der Waals surface area contributed by atoms with Crippen molar-refractivity contribution in [3.8, 4) is 0 Å². The Morgan fingerprint density at radius 3 is 2.83 bits per heavy atom. The molecule has 0 unspecified atom stereocenters. The monoisotopic (exact) mass is 266 g/mol. The molecule has 18 heavy (non-hydrogen) atoms. The van der Waals surface area contributed by atoms with Gasteiger partial charge in [-0.15, -0.1) is 0 Å². The number of nitrogens with one attached hydrogen (secondary N) is 1. The molecular formula is C11H11ClN4O2. The van der Waals surface area contributed by atoms with E-state index in [1.165, 1.54) is 18.7 Å². The highest BCUT2D eigenvalue weighted by atomic mass is 35.5. The predicted octanol–water partition coefficient (Wildman–Crippen LogP) is 2.49. The van der Waals surface area contributed by atoms with Crippen molar-refractivity contribution in [2.45, 2.75) is 19.8 Å². The smallest absolute Gasteiger partial charge is 0.276 e. The summed E-state index contributed by atoms with van der Waals surface area (Å²) in [5.41, 5.74) is 0.581. The molecule has 6 nitrogen and oxygen atoms in total. The molecule has 2 heterocycles. The normalized spacial score (nSPS) is 10.7. The molecule has 0 saturated heterocycles. The number of carbonyl (C=O) groups is 1. The molecule has 2 rings (SSSR count). The quantitative estimate of drug-likeness (QED) is 0.923. The van der Waals surface area contributed by atoms with E-state index in [9.17, 15) is 4.79 Å². The summed E-state index contributed by atoms with van der Waals surface area (Å²) >= 11 is 5.91. The highest BCUT2D eigenvalue weighted by Gasteiger charge is 2.16. The minimum Gasteiger partial charge on any atom is -0.363 e. The number of anilines is 1. The fraction of sp³-hybridized carbons (Fsp3) is 0.273. The van der Waals surface area contributed by atoms with Gasteiger partial charge in [0.05, 0.1) is 17.4 Å². The maximum atomic E-state index is 12.0. The van der Waals surface area contributed by atoms with Gasteiger partial charge in [0.25, 0.3) is 5.91 Å². The van der Waals surface area contributed by atoms with Gasteiger partial charge in [0.1, 0.15) is 17.8 Å². The van der Waals surface area contributed by atoms with Crippen molar-refractivity contribution in [2.24, 2.45) is 0 Å². The first kappa shape index (κ1) is 12.5. The van der Waals surface area contributed by atoms with Gasteiger partial charge in [0.15, 0.2) is 5.69 Å². The zero-order valence-electron chi connectivity index (χ0n) is 9.85. The van der Waals surface area contributed by atoms with Crippen molar-refractivity contribution >= 4 is 23.2 Å². The van der Waals surface area contributed by atoms with Crippen molar-refractivity contribution in [1.29, 1.82) is 0 Å². The van der Waals surface area contributed by atoms with Crippen LogP contribution in [0.15, 0.2) is 23.2 Å². The van der Waals surface area contributed by atoms with E-state index in [4.69, 9.17) is 11.6 Å². The van der Waals surface area contributed by atoms with Crippen LogP contribution in [-0.2, 0) is 0 Å². The molecule has 0 aromatic carbocycles. The van der Waals surface area contributed by atoms with Crippen LogP contribution in [0.5, 0.6) is 0 Å². The van der Waals surface area contributed by atoms with Crippen LogP contribution >= 0.6 is 11.6 Å². The highest BCUT2D eigenvalue weighted by molar-refractivity contribution is 6.33. The molecule has 0 saturated carbocycles. The molecule has 0 radical (unpaired) electrons. The SMILES string of the molecule is CC(C)c1ncc(Cl)c(C(=O)Nc2cnoc2)n1. The first-order valence-corrected chi connectivity index (χ1v) is 5.69. The molecular weight excluding hydrogens is 256 g/mol. The van der Waals surface area contributed by atoms with Gasteiger partial charge in [0, 0.05) is 5.92 Å². The first-order valence-electron chi connectivity index (χ1n) is 5.31. The summed E-state index contributed by atoms with van der Waals surface area (Å²) in [5, 5.41) is 6.26. The van der Waals surface area contributed by atoms with Crippen LogP contribution in [0, 0.1) is 0 Å². The lowest BCUT2D eigenvalue weighted by Gasteiger charge is -2.07. The second kappa shape index (κ2) is 5.14. The number of carbonyl (C=O) groups excluding carboxylic acids is 1. The molecule has 0 aliphatic carbocycles. The molecule has 0 fully saturated rings. The van der Waals surface area contributed by atoms with Gasteiger partial charge < -0.3 is 9.84 Å². The van der Waals surface area contributed by atoms with E-state index in [-0.39, 0.29) is 16.6 Å². The number of halogens is 1. The van der Waals surface area contributed by atoms with Crippen LogP contribution in [-0.4, -0.2) is 21.0 Å². The molecule has 0 aliphatic rings. The van der Waals surface area contributed by atoms with Gasteiger partial charge in [-0.05, 0) is 0 Å². The van der Waals surface area contributed by atoms with Crippen LogP contribution in [0.3, 0.4) is 0 Å². The van der Waals surface area contributed by atoms with E-state index < -0.39 is 5.91 Å². The summed E-state index contributed by atoms with van der Waals surface area (Å²) in [4.78, 5) is 20.2. The van der Waals surface area contributed by atoms with Crippen LogP contribution in [0.1, 0.15) is 36.1 Å². The minimum atomic E-state index is -0.424. The summed E-state index contributed by atoms with van der Waals surface area (Å²) in [5.74, 6) is 0.256. The Labute approximate surface area is 108 Å². The molecule has 7 heteroatoms. The Hall–Kier alpha value is -1.95. The van der Waals surface area contributed by atoms with Crippen molar-refractivity contribution < 1.29 is 9.32 Å². The average Bonchev–Trinajstić information content (AvgIpc) is 2.81. The van der Waals surface area contributed by atoms with Gasteiger partial charge in [-0.1, -0.05) is 30.6 Å². The number of rotatable bonds is 3. The largest absolute Gasteiger partial charge is 0.363 e. The lowest BCUT2D eigenvalue weighted by atomic mass is 10.2. The highest BCUT2D eigenvalue weighted by Crippen LogP contribution is 2.17. The first-order chi connectivity index (χ1) is 8.58. The van der Waals surface area contributed by atoms with Crippen molar-refractivity contribution in [3.63, 3.8) is 0 Å². The second-order valence-electron chi connectivity index (χ2n) is 3.95. The van der Waals surface area contributed by atoms with Crippen LogP contribution in [0.4, 0.5) is 5.69 Å². The Kier molecular flexibility index (Phi) is 3.57. The molecule has 94 valence electrons. The summed E-state index contributed by atoms with van der Waals surface area (Å²) < 4.78 is 4.61. The van der Waals surface area contributed by atoms with Gasteiger partial charge in [-0.2, -0.15) is 0 Å². The van der Waals surface area contributed by atoms with E-state index in [1.54, 1.807) is 0 Å². The molecule has 0 spiro atoms. The predicted molar refractivity (Wildman–Crippen MR) is 65.6 cm³/mol. The Morgan fingerprint density at radius 1 is 1.44 bits per heavy atom. The number of amides is 1. The average molecular weight is 267 g/mol. The summed E-state index contributed by atoms with van der Waals surface area (Å²) in [6, 6.07) is 0. The Morgan fingerprint density at radius 2 is 2.22 bits per heavy atom. The third kappa shape index (κ3) is 2.65. The fourth-order valence-electron chi connectivity index (χ4n) is 1.28. The minimum absolute atomic E-state index is 0.115. The lowest BCUT2D eigenvalue weighted by molar-refractivity contribution is 0.102. The molecule has 2 aromatic heterocycles. The van der Waals surface area contributed by atoms with Gasteiger partial charge in [-0.25, -0.2) is 9.97 Å². The van der Waals surface area contributed by atoms with E-state index in [2.05, 4.69) is 25.0 Å². The van der Waals surface area contributed by atoms with Crippen molar-refractivity contribution in [2.75, 3.05) is 5.32 Å². The van der Waals surface area contributed by atoms with Crippen LogP contribution in [0.2, 0.25) is 5.02 Å². The lowest BCUT2D eigenvalue weighted by Crippen LogP contribution is -2.16. The zero-order chi connectivity index (χ0) is 13.1. The Bertz CT molecular complexity index is 554. The topological polar surface area (TPSA) is 80.9 Å². The zero-order valence-corrected chi connectivity index (χ0v) is 10.6. The Balaban J connectivity index is 2.26. The molecule has 0 bridgehead atoms. The van der Waals surface area contributed by atoms with Crippen molar-refractivity contribution in [1.82, 2.24) is 15.1 Å². The molecule has 2 aromatic rings. The maximum Gasteiger partial charge on any atom is 0.276 e. The van der Waals surface area contributed by atoms with E-state index in [0.29, 0.717) is 11.5 Å². The number of hydrogen-bond donors (Lipinski definition) is 1. The standard InChI is InChI=1S/C11H11ClN4O2/c1-6(2)10-13-4-8(12)9(16-10)11(17)15-7-3-14-18-5-7/h3-6H,1-2H3,(H,15,17).